The van der Waals surface area contributed by atoms with Gasteiger partial charge in [0.25, 0.3) is 0 Å². The summed E-state index contributed by atoms with van der Waals surface area (Å²) >= 11 is 0. The van der Waals surface area contributed by atoms with Gasteiger partial charge in [-0.05, 0) is 67.3 Å². The third-order valence-electron chi connectivity index (χ3n) is 5.84. The van der Waals surface area contributed by atoms with Gasteiger partial charge < -0.3 is 5.11 Å². The number of carboxylic acids is 1. The van der Waals surface area contributed by atoms with E-state index >= 15 is 0 Å². The van der Waals surface area contributed by atoms with E-state index < -0.39 is 5.97 Å². The molecule has 4 aliphatic rings. The van der Waals surface area contributed by atoms with Crippen LogP contribution >= 0.6 is 0 Å². The second-order valence-corrected chi connectivity index (χ2v) is 7.33. The molecule has 0 saturated heterocycles. The average molecular weight is 274 g/mol. The Bertz CT molecular complexity index is 499. The summed E-state index contributed by atoms with van der Waals surface area (Å²) in [4.78, 5) is 10.7. The molecule has 0 unspecified atom stereocenters. The summed E-state index contributed by atoms with van der Waals surface area (Å²) < 4.78 is 1.82. The van der Waals surface area contributed by atoms with Crippen molar-refractivity contribution < 1.29 is 9.90 Å². The van der Waals surface area contributed by atoms with Gasteiger partial charge >= 0.3 is 5.97 Å². The van der Waals surface area contributed by atoms with Crippen LogP contribution in [0.1, 0.15) is 50.5 Å². The molecule has 4 nitrogen and oxygen atoms in total. The molecule has 4 fully saturated rings. The van der Waals surface area contributed by atoms with Gasteiger partial charge in [-0.2, -0.15) is 5.10 Å². The van der Waals surface area contributed by atoms with Gasteiger partial charge in [0, 0.05) is 6.20 Å². The van der Waals surface area contributed by atoms with Gasteiger partial charge in [-0.25, -0.2) is 0 Å². The third kappa shape index (κ3) is 1.97. The Morgan fingerprint density at radius 3 is 2.40 bits per heavy atom. The Hall–Kier alpha value is -1.32. The van der Waals surface area contributed by atoms with Crippen LogP contribution in [0.2, 0.25) is 0 Å². The highest BCUT2D eigenvalue weighted by Gasteiger charge is 2.51. The highest BCUT2D eigenvalue weighted by molar-refractivity contribution is 5.66. The molecule has 4 heteroatoms. The largest absolute Gasteiger partial charge is 0.481 e. The number of nitrogens with zero attached hydrogens (tertiary/aromatic N) is 2. The van der Waals surface area contributed by atoms with Crippen LogP contribution in [0.4, 0.5) is 0 Å². The molecule has 0 aliphatic heterocycles. The van der Waals surface area contributed by atoms with Crippen LogP contribution < -0.4 is 0 Å². The number of aromatic nitrogens is 2. The molecular weight excluding hydrogens is 252 g/mol. The summed E-state index contributed by atoms with van der Waals surface area (Å²) in [6, 6.07) is 0. The molecule has 0 spiro atoms. The van der Waals surface area contributed by atoms with E-state index in [2.05, 4.69) is 11.3 Å². The van der Waals surface area contributed by atoms with Crippen LogP contribution in [0.3, 0.4) is 0 Å². The van der Waals surface area contributed by atoms with Gasteiger partial charge in [-0.1, -0.05) is 0 Å². The lowest BCUT2D eigenvalue weighted by Crippen LogP contribution is -2.48. The van der Waals surface area contributed by atoms with E-state index in [1.165, 1.54) is 44.1 Å². The van der Waals surface area contributed by atoms with Crippen molar-refractivity contribution in [3.05, 3.63) is 18.0 Å². The summed E-state index contributed by atoms with van der Waals surface area (Å²) in [5, 5.41) is 13.2. The maximum absolute atomic E-state index is 10.7. The molecular formula is C16H22N2O2. The van der Waals surface area contributed by atoms with E-state index in [1.54, 1.807) is 0 Å². The van der Waals surface area contributed by atoms with Gasteiger partial charge in [0.1, 0.15) is 0 Å². The number of carboxylic acid groups (broad SMARTS) is 1. The zero-order valence-corrected chi connectivity index (χ0v) is 11.8. The predicted octanol–water partition coefficient (Wildman–Crippen LogP) is 2.83. The monoisotopic (exact) mass is 274 g/mol. The molecule has 20 heavy (non-hydrogen) atoms. The first-order valence-electron chi connectivity index (χ1n) is 7.88. The van der Waals surface area contributed by atoms with Crippen LogP contribution in [0.5, 0.6) is 0 Å². The van der Waals surface area contributed by atoms with Crippen LogP contribution in [0.15, 0.2) is 12.4 Å². The molecule has 0 amide bonds. The van der Waals surface area contributed by atoms with Crippen molar-refractivity contribution in [1.82, 2.24) is 9.78 Å². The van der Waals surface area contributed by atoms with Crippen molar-refractivity contribution in [2.75, 3.05) is 0 Å². The minimum Gasteiger partial charge on any atom is -0.481 e. The van der Waals surface area contributed by atoms with Crippen molar-refractivity contribution in [3.63, 3.8) is 0 Å². The topological polar surface area (TPSA) is 55.1 Å². The standard InChI is InChI=1S/C16H22N2O2/c19-15(20)1-2-18-10-14(9-17-18)16-6-11-3-12(7-16)5-13(4-11)8-16/h9-13H,1-8H2,(H,19,20). The predicted molar refractivity (Wildman–Crippen MR) is 74.3 cm³/mol. The summed E-state index contributed by atoms with van der Waals surface area (Å²) in [6.07, 6.45) is 12.6. The van der Waals surface area contributed by atoms with E-state index in [0.717, 1.165) is 17.8 Å². The second-order valence-electron chi connectivity index (χ2n) is 7.33. The summed E-state index contributed by atoms with van der Waals surface area (Å²) in [6.45, 7) is 0.488. The van der Waals surface area contributed by atoms with Crippen molar-refractivity contribution in [2.45, 2.75) is 56.9 Å². The number of aryl methyl sites for hydroxylation is 1. The van der Waals surface area contributed by atoms with E-state index in [-0.39, 0.29) is 6.42 Å². The minimum atomic E-state index is -0.753. The minimum absolute atomic E-state index is 0.155. The summed E-state index contributed by atoms with van der Waals surface area (Å²) in [5.74, 6) is 2.05. The Morgan fingerprint density at radius 1 is 1.25 bits per heavy atom. The van der Waals surface area contributed by atoms with Gasteiger partial charge in [0.05, 0.1) is 19.2 Å². The van der Waals surface area contributed by atoms with Gasteiger partial charge in [-0.15, -0.1) is 0 Å². The third-order valence-corrected chi connectivity index (χ3v) is 5.84. The van der Waals surface area contributed by atoms with Crippen molar-refractivity contribution in [3.8, 4) is 0 Å². The summed E-state index contributed by atoms with van der Waals surface area (Å²) in [5.41, 5.74) is 1.75. The second kappa shape index (κ2) is 4.34. The molecule has 1 aromatic rings. The fourth-order valence-corrected chi connectivity index (χ4v) is 5.43. The first-order chi connectivity index (χ1) is 9.63. The first-order valence-corrected chi connectivity index (χ1v) is 7.88. The van der Waals surface area contributed by atoms with E-state index in [1.807, 2.05) is 10.9 Å². The van der Waals surface area contributed by atoms with Crippen LogP contribution in [0, 0.1) is 17.8 Å². The van der Waals surface area contributed by atoms with E-state index in [9.17, 15) is 4.79 Å². The van der Waals surface area contributed by atoms with Gasteiger partial charge in [0.2, 0.25) is 0 Å². The Labute approximate surface area is 119 Å². The highest BCUT2D eigenvalue weighted by atomic mass is 16.4. The quantitative estimate of drug-likeness (QED) is 0.918. The fraction of sp³-hybridized carbons (Fsp3) is 0.750. The first kappa shape index (κ1) is 12.4. The smallest absolute Gasteiger partial charge is 0.305 e. The normalized spacial score (nSPS) is 38.3. The van der Waals surface area contributed by atoms with E-state index in [4.69, 9.17) is 5.11 Å². The fourth-order valence-electron chi connectivity index (χ4n) is 5.43. The lowest BCUT2D eigenvalue weighted by atomic mass is 9.48. The lowest BCUT2D eigenvalue weighted by Gasteiger charge is -2.56. The SMILES string of the molecule is O=C(O)CCn1cc(C23CC4CC(CC(C4)C2)C3)cn1. The molecule has 1 heterocycles. The number of hydrogen-bond donors (Lipinski definition) is 1. The van der Waals surface area contributed by atoms with Gasteiger partial charge in [0.15, 0.2) is 0 Å². The van der Waals surface area contributed by atoms with Crippen molar-refractivity contribution in [2.24, 2.45) is 17.8 Å². The molecule has 0 atom stereocenters. The average Bonchev–Trinajstić information content (AvgIpc) is 2.84. The molecule has 5 rings (SSSR count). The molecule has 0 aromatic carbocycles. The Balaban J connectivity index is 1.56. The zero-order valence-electron chi connectivity index (χ0n) is 11.8. The maximum Gasteiger partial charge on any atom is 0.305 e. The number of carbonyl (C=O) groups is 1. The maximum atomic E-state index is 10.7. The van der Waals surface area contributed by atoms with Crippen LogP contribution in [0.25, 0.3) is 0 Å². The molecule has 4 saturated carbocycles. The van der Waals surface area contributed by atoms with E-state index in [0.29, 0.717) is 12.0 Å². The molecule has 0 radical (unpaired) electrons. The summed E-state index contributed by atoms with van der Waals surface area (Å²) in [7, 11) is 0. The van der Waals surface area contributed by atoms with Crippen molar-refractivity contribution in [1.29, 1.82) is 0 Å². The number of hydrogen-bond acceptors (Lipinski definition) is 2. The number of rotatable bonds is 4. The molecule has 4 aliphatic carbocycles. The number of aliphatic carboxylic acids is 1. The van der Waals surface area contributed by atoms with Crippen LogP contribution in [-0.4, -0.2) is 20.9 Å². The molecule has 108 valence electrons. The Morgan fingerprint density at radius 2 is 1.85 bits per heavy atom. The molecule has 1 aromatic heterocycles. The zero-order chi connectivity index (χ0) is 13.7. The van der Waals surface area contributed by atoms with Gasteiger partial charge in [-0.3, -0.25) is 9.48 Å². The molecule has 4 bridgehead atoms. The highest BCUT2D eigenvalue weighted by Crippen LogP contribution is 2.60. The lowest BCUT2D eigenvalue weighted by molar-refractivity contribution is -0.137. The van der Waals surface area contributed by atoms with Crippen LogP contribution in [-0.2, 0) is 16.8 Å². The van der Waals surface area contributed by atoms with Crippen molar-refractivity contribution >= 4 is 5.97 Å². The Kier molecular flexibility index (Phi) is 2.69. The molecule has 1 N–H and O–H groups in total.